The zero-order chi connectivity index (χ0) is 19.9. The van der Waals surface area contributed by atoms with Gasteiger partial charge in [-0.3, -0.25) is 19.1 Å². The molecule has 2 aromatic rings. The average molecular weight is 384 g/mol. The summed E-state index contributed by atoms with van der Waals surface area (Å²) < 4.78 is 19.1. The number of ether oxygens (including phenoxy) is 3. The van der Waals surface area contributed by atoms with Crippen molar-refractivity contribution >= 4 is 5.78 Å². The summed E-state index contributed by atoms with van der Waals surface area (Å²) in [6.45, 7) is 3.54. The molecule has 0 amide bonds. The molecule has 2 aliphatic rings. The largest absolute Gasteiger partial charge is 0.345 e. The number of aromatic nitrogens is 2. The van der Waals surface area contributed by atoms with Gasteiger partial charge in [-0.25, -0.2) is 4.79 Å². The topological polar surface area (TPSA) is 99.6 Å². The van der Waals surface area contributed by atoms with Gasteiger partial charge in [-0.15, -0.1) is 0 Å². The van der Waals surface area contributed by atoms with Crippen LogP contribution in [0.5, 0.6) is 0 Å². The number of carbonyl (C=O) groups is 1. The molecule has 8 nitrogen and oxygen atoms in total. The van der Waals surface area contributed by atoms with Crippen LogP contribution >= 0.6 is 0 Å². The van der Waals surface area contributed by atoms with Crippen molar-refractivity contribution in [2.45, 2.75) is 44.2 Å². The first-order chi connectivity index (χ1) is 13.3. The van der Waals surface area contributed by atoms with Gasteiger partial charge < -0.3 is 14.2 Å². The molecule has 0 aliphatic carbocycles. The Morgan fingerprint density at radius 2 is 1.82 bits per heavy atom. The monoisotopic (exact) mass is 384 g/mol. The Bertz CT molecular complexity index is 1020. The van der Waals surface area contributed by atoms with Gasteiger partial charge in [0.1, 0.15) is 18.3 Å². The fraction of sp³-hybridized carbons (Fsp3) is 0.350. The summed E-state index contributed by atoms with van der Waals surface area (Å²) in [6, 6.07) is 10.1. The molecule has 1 aromatic heterocycles. The van der Waals surface area contributed by atoms with Crippen molar-refractivity contribution in [3.05, 3.63) is 81.1 Å². The predicted octanol–water partition coefficient (Wildman–Crippen LogP) is 1.39. The van der Waals surface area contributed by atoms with Crippen molar-refractivity contribution in [3.8, 4) is 0 Å². The van der Waals surface area contributed by atoms with Gasteiger partial charge in [0.15, 0.2) is 17.8 Å². The predicted molar refractivity (Wildman–Crippen MR) is 99.0 cm³/mol. The van der Waals surface area contributed by atoms with Gasteiger partial charge in [0, 0.05) is 17.8 Å². The molecule has 2 saturated heterocycles. The van der Waals surface area contributed by atoms with E-state index in [9.17, 15) is 14.4 Å². The third-order valence-corrected chi connectivity index (χ3v) is 4.69. The minimum Gasteiger partial charge on any atom is -0.345 e. The standard InChI is InChI=1S/C20H20N2O6/c1-20(2)27-16-14(9-8-13(23)12-6-4-3-5-7-12)26-18(17(16)28-20)22-11-10-15(24)21-19(22)25/h3-11,14,16-18H,1-2H3,(H,21,24,25)/b9-8-/t14-,16-,17+,18-/m0/s1. The molecule has 0 radical (unpaired) electrons. The lowest BCUT2D eigenvalue weighted by Gasteiger charge is -2.24. The number of rotatable bonds is 4. The lowest BCUT2D eigenvalue weighted by atomic mass is 10.1. The van der Waals surface area contributed by atoms with E-state index < -0.39 is 41.6 Å². The van der Waals surface area contributed by atoms with E-state index in [1.54, 1.807) is 44.2 Å². The summed E-state index contributed by atoms with van der Waals surface area (Å²) in [5.74, 6) is -1.03. The maximum atomic E-state index is 12.4. The second-order valence-electron chi connectivity index (χ2n) is 7.16. The first-order valence-corrected chi connectivity index (χ1v) is 8.94. The minimum atomic E-state index is -0.862. The Labute approximate surface area is 160 Å². The second kappa shape index (κ2) is 6.97. The first kappa shape index (κ1) is 18.5. The second-order valence-corrected chi connectivity index (χ2v) is 7.16. The molecule has 1 N–H and O–H groups in total. The third kappa shape index (κ3) is 3.49. The van der Waals surface area contributed by atoms with Crippen LogP contribution in [0.25, 0.3) is 0 Å². The molecule has 4 atom stereocenters. The van der Waals surface area contributed by atoms with Crippen molar-refractivity contribution in [1.82, 2.24) is 9.55 Å². The fourth-order valence-electron chi connectivity index (χ4n) is 3.49. The number of hydrogen-bond donors (Lipinski definition) is 1. The minimum absolute atomic E-state index is 0.163. The summed E-state index contributed by atoms with van der Waals surface area (Å²) in [6.07, 6.45) is 1.96. The molecule has 0 spiro atoms. The van der Waals surface area contributed by atoms with Crippen LogP contribution in [-0.2, 0) is 14.2 Å². The maximum absolute atomic E-state index is 12.4. The fourth-order valence-corrected chi connectivity index (χ4v) is 3.49. The Balaban J connectivity index is 1.62. The van der Waals surface area contributed by atoms with Crippen molar-refractivity contribution in [1.29, 1.82) is 0 Å². The number of allylic oxidation sites excluding steroid dienone is 1. The van der Waals surface area contributed by atoms with Crippen LogP contribution in [0, 0.1) is 0 Å². The van der Waals surface area contributed by atoms with E-state index in [0.29, 0.717) is 5.56 Å². The number of nitrogens with one attached hydrogen (secondary N) is 1. The molecule has 4 rings (SSSR count). The maximum Gasteiger partial charge on any atom is 0.330 e. The van der Waals surface area contributed by atoms with Crippen molar-refractivity contribution in [3.63, 3.8) is 0 Å². The van der Waals surface area contributed by atoms with Gasteiger partial charge in [0.25, 0.3) is 5.56 Å². The Kier molecular flexibility index (Phi) is 4.62. The molecule has 28 heavy (non-hydrogen) atoms. The van der Waals surface area contributed by atoms with E-state index in [2.05, 4.69) is 4.98 Å². The highest BCUT2D eigenvalue weighted by Crippen LogP contribution is 2.42. The van der Waals surface area contributed by atoms with E-state index in [4.69, 9.17) is 14.2 Å². The molecule has 146 valence electrons. The van der Waals surface area contributed by atoms with E-state index >= 15 is 0 Å². The Hall–Kier alpha value is -2.81. The van der Waals surface area contributed by atoms with E-state index in [1.807, 2.05) is 6.07 Å². The number of carbonyl (C=O) groups excluding carboxylic acids is 1. The number of fused-ring (bicyclic) bond motifs is 1. The Morgan fingerprint density at radius 3 is 2.54 bits per heavy atom. The van der Waals surface area contributed by atoms with E-state index in [1.165, 1.54) is 22.9 Å². The molecule has 2 fully saturated rings. The zero-order valence-electron chi connectivity index (χ0n) is 15.4. The highest BCUT2D eigenvalue weighted by atomic mass is 16.8. The van der Waals surface area contributed by atoms with Crippen LogP contribution in [-0.4, -0.2) is 39.4 Å². The number of aromatic amines is 1. The zero-order valence-corrected chi connectivity index (χ0v) is 15.4. The van der Waals surface area contributed by atoms with E-state index in [-0.39, 0.29) is 5.78 Å². The first-order valence-electron chi connectivity index (χ1n) is 8.94. The molecule has 8 heteroatoms. The summed E-state index contributed by atoms with van der Waals surface area (Å²) in [5.41, 5.74) is -0.537. The van der Waals surface area contributed by atoms with Gasteiger partial charge in [0.05, 0.1) is 0 Å². The van der Waals surface area contributed by atoms with Crippen LogP contribution in [0.15, 0.2) is 64.3 Å². The number of nitrogens with zero attached hydrogens (tertiary/aromatic N) is 1. The van der Waals surface area contributed by atoms with Crippen molar-refractivity contribution in [2.24, 2.45) is 0 Å². The van der Waals surface area contributed by atoms with Crippen LogP contribution in [0.1, 0.15) is 30.4 Å². The van der Waals surface area contributed by atoms with Gasteiger partial charge in [-0.2, -0.15) is 0 Å². The molecule has 0 saturated carbocycles. The number of benzene rings is 1. The quantitative estimate of drug-likeness (QED) is 0.632. The molecule has 0 unspecified atom stereocenters. The van der Waals surface area contributed by atoms with Gasteiger partial charge in [0.2, 0.25) is 0 Å². The lowest BCUT2D eigenvalue weighted by Crippen LogP contribution is -2.37. The molecule has 3 heterocycles. The molecular weight excluding hydrogens is 364 g/mol. The Morgan fingerprint density at radius 1 is 1.11 bits per heavy atom. The van der Waals surface area contributed by atoms with Crippen LogP contribution in [0.2, 0.25) is 0 Å². The number of hydrogen-bond acceptors (Lipinski definition) is 6. The summed E-state index contributed by atoms with van der Waals surface area (Å²) in [7, 11) is 0. The van der Waals surface area contributed by atoms with E-state index in [0.717, 1.165) is 0 Å². The van der Waals surface area contributed by atoms with Gasteiger partial charge in [-0.1, -0.05) is 30.3 Å². The lowest BCUT2D eigenvalue weighted by molar-refractivity contribution is -0.192. The highest BCUT2D eigenvalue weighted by Gasteiger charge is 2.55. The summed E-state index contributed by atoms with van der Waals surface area (Å²) in [5, 5.41) is 0. The van der Waals surface area contributed by atoms with Gasteiger partial charge >= 0.3 is 5.69 Å². The normalized spacial score (nSPS) is 28.5. The van der Waals surface area contributed by atoms with Crippen LogP contribution < -0.4 is 11.2 Å². The third-order valence-electron chi connectivity index (χ3n) is 4.69. The molecule has 1 aromatic carbocycles. The van der Waals surface area contributed by atoms with Gasteiger partial charge in [-0.05, 0) is 26.0 Å². The smallest absolute Gasteiger partial charge is 0.330 e. The van der Waals surface area contributed by atoms with Crippen molar-refractivity contribution in [2.75, 3.05) is 0 Å². The summed E-state index contributed by atoms with van der Waals surface area (Å²) >= 11 is 0. The number of ketones is 1. The molecular formula is C20H20N2O6. The van der Waals surface area contributed by atoms with Crippen LogP contribution in [0.4, 0.5) is 0 Å². The molecule has 0 bridgehead atoms. The molecule has 2 aliphatic heterocycles. The SMILES string of the molecule is CC1(C)O[C@@H]2[C@@H](O1)[C@@H](n1ccc(=O)[nH]c1=O)O[C@H]2/C=C\C(=O)c1ccccc1. The number of H-pyrrole nitrogens is 1. The summed E-state index contributed by atoms with van der Waals surface area (Å²) in [4.78, 5) is 38.1. The van der Waals surface area contributed by atoms with Crippen LogP contribution in [0.3, 0.4) is 0 Å². The van der Waals surface area contributed by atoms with Crippen molar-refractivity contribution < 1.29 is 19.0 Å². The highest BCUT2D eigenvalue weighted by molar-refractivity contribution is 6.04. The average Bonchev–Trinajstić information content (AvgIpc) is 3.14.